The molecular weight excluding hydrogens is 440 g/mol. The third-order valence-corrected chi connectivity index (χ3v) is 12.5. The van der Waals surface area contributed by atoms with Gasteiger partial charge in [0.15, 0.2) is 0 Å². The SMILES string of the molecule is CC[C@H](/C=C/[C@@H](C)[C@H]1CC[C@H]2[C@@H]3CC[C@@]4(Cl)C[C@@H](OC(C)=O)CC[C@]4(C)[C@H]3CC[C@]12C)C(C)C. The van der Waals surface area contributed by atoms with Crippen LogP contribution in [-0.2, 0) is 9.53 Å². The number of carbonyl (C=O) groups excluding carboxylic acids is 1. The first-order valence-corrected chi connectivity index (χ1v) is 14.9. The molecule has 194 valence electrons. The Labute approximate surface area is 215 Å². The number of allylic oxidation sites excluding steroid dienone is 2. The molecule has 3 heteroatoms. The molecule has 0 aliphatic heterocycles. The maximum Gasteiger partial charge on any atom is 0.302 e. The fraction of sp³-hybridized carbons (Fsp3) is 0.903. The first kappa shape index (κ1) is 26.6. The fourth-order valence-electron chi connectivity index (χ4n) is 9.68. The van der Waals surface area contributed by atoms with E-state index >= 15 is 0 Å². The van der Waals surface area contributed by atoms with Crippen molar-refractivity contribution in [3.05, 3.63) is 12.2 Å². The third-order valence-electron chi connectivity index (χ3n) is 11.7. The lowest BCUT2D eigenvalue weighted by atomic mass is 9.44. The summed E-state index contributed by atoms with van der Waals surface area (Å²) in [6.45, 7) is 16.2. The number of hydrogen-bond acceptors (Lipinski definition) is 2. The van der Waals surface area contributed by atoms with Gasteiger partial charge in [0, 0.05) is 13.3 Å². The van der Waals surface area contributed by atoms with Crippen LogP contribution in [0, 0.1) is 52.3 Å². The molecule has 4 fully saturated rings. The zero-order valence-corrected chi connectivity index (χ0v) is 23.8. The predicted molar refractivity (Wildman–Crippen MR) is 143 cm³/mol. The molecule has 10 atom stereocenters. The quantitative estimate of drug-likeness (QED) is 0.211. The maximum atomic E-state index is 11.6. The second-order valence-electron chi connectivity index (χ2n) is 13.6. The highest BCUT2D eigenvalue weighted by molar-refractivity contribution is 6.24. The Morgan fingerprint density at radius 1 is 1.00 bits per heavy atom. The molecule has 0 aromatic carbocycles. The van der Waals surface area contributed by atoms with Crippen LogP contribution in [0.25, 0.3) is 0 Å². The van der Waals surface area contributed by atoms with E-state index in [9.17, 15) is 4.79 Å². The van der Waals surface area contributed by atoms with Crippen LogP contribution in [0.4, 0.5) is 0 Å². The van der Waals surface area contributed by atoms with Crippen LogP contribution in [0.2, 0.25) is 0 Å². The lowest BCUT2D eigenvalue weighted by Crippen LogP contribution is -2.60. The van der Waals surface area contributed by atoms with Crippen LogP contribution in [0.15, 0.2) is 12.2 Å². The van der Waals surface area contributed by atoms with Crippen LogP contribution in [0.3, 0.4) is 0 Å². The van der Waals surface area contributed by atoms with Gasteiger partial charge in [-0.15, -0.1) is 11.6 Å². The van der Waals surface area contributed by atoms with Gasteiger partial charge in [0.25, 0.3) is 0 Å². The molecule has 0 unspecified atom stereocenters. The number of esters is 1. The highest BCUT2D eigenvalue weighted by Crippen LogP contribution is 2.70. The number of hydrogen-bond donors (Lipinski definition) is 0. The van der Waals surface area contributed by atoms with Gasteiger partial charge < -0.3 is 4.74 Å². The molecule has 0 spiro atoms. The van der Waals surface area contributed by atoms with Crippen molar-refractivity contribution in [2.75, 3.05) is 0 Å². The van der Waals surface area contributed by atoms with Crippen molar-refractivity contribution in [3.63, 3.8) is 0 Å². The topological polar surface area (TPSA) is 26.3 Å². The van der Waals surface area contributed by atoms with Crippen molar-refractivity contribution in [2.45, 2.75) is 124 Å². The highest BCUT2D eigenvalue weighted by atomic mass is 35.5. The molecule has 0 bridgehead atoms. The fourth-order valence-corrected chi connectivity index (χ4v) is 10.2. The molecule has 4 aliphatic rings. The number of fused-ring (bicyclic) bond motifs is 5. The molecular formula is C31H51ClO2. The Kier molecular flexibility index (Phi) is 7.62. The van der Waals surface area contributed by atoms with E-state index < -0.39 is 0 Å². The van der Waals surface area contributed by atoms with E-state index in [1.165, 1.54) is 45.4 Å². The minimum atomic E-state index is -0.208. The summed E-state index contributed by atoms with van der Waals surface area (Å²) in [4.78, 5) is 11.4. The number of rotatable bonds is 6. The zero-order valence-electron chi connectivity index (χ0n) is 23.0. The van der Waals surface area contributed by atoms with Crippen LogP contribution in [0.5, 0.6) is 0 Å². The van der Waals surface area contributed by atoms with E-state index in [2.05, 4.69) is 53.7 Å². The van der Waals surface area contributed by atoms with Crippen molar-refractivity contribution in [1.29, 1.82) is 0 Å². The second-order valence-corrected chi connectivity index (χ2v) is 14.3. The van der Waals surface area contributed by atoms with Crippen LogP contribution in [-0.4, -0.2) is 16.9 Å². The van der Waals surface area contributed by atoms with Crippen LogP contribution in [0.1, 0.15) is 113 Å². The molecule has 0 radical (unpaired) electrons. The van der Waals surface area contributed by atoms with Gasteiger partial charge in [0.05, 0.1) is 4.87 Å². The average Bonchev–Trinajstić information content (AvgIpc) is 3.11. The summed E-state index contributed by atoms with van der Waals surface area (Å²) in [5, 5.41) is 0. The Bertz CT molecular complexity index is 775. The molecule has 0 saturated heterocycles. The normalized spacial score (nSPS) is 46.0. The molecule has 4 rings (SSSR count). The smallest absolute Gasteiger partial charge is 0.302 e. The van der Waals surface area contributed by atoms with E-state index in [1.54, 1.807) is 0 Å². The first-order valence-electron chi connectivity index (χ1n) is 14.5. The zero-order chi connectivity index (χ0) is 24.9. The Morgan fingerprint density at radius 2 is 1.74 bits per heavy atom. The number of carbonyl (C=O) groups is 1. The van der Waals surface area contributed by atoms with Gasteiger partial charge in [-0.3, -0.25) is 4.79 Å². The van der Waals surface area contributed by atoms with Gasteiger partial charge in [0.1, 0.15) is 6.10 Å². The number of ether oxygens (including phenoxy) is 1. The lowest BCUT2D eigenvalue weighted by Gasteiger charge is -2.64. The average molecular weight is 491 g/mol. The Balaban J connectivity index is 1.50. The Morgan fingerprint density at radius 3 is 2.38 bits per heavy atom. The summed E-state index contributed by atoms with van der Waals surface area (Å²) < 4.78 is 5.64. The summed E-state index contributed by atoms with van der Waals surface area (Å²) in [6, 6.07) is 0. The van der Waals surface area contributed by atoms with E-state index in [4.69, 9.17) is 16.3 Å². The molecule has 0 aromatic heterocycles. The molecule has 0 amide bonds. The molecule has 2 nitrogen and oxygen atoms in total. The summed E-state index contributed by atoms with van der Waals surface area (Å²) in [5.41, 5.74) is 0.646. The van der Waals surface area contributed by atoms with E-state index in [0.29, 0.717) is 17.3 Å². The summed E-state index contributed by atoms with van der Waals surface area (Å²) in [6.07, 6.45) is 17.1. The number of halogens is 1. The van der Waals surface area contributed by atoms with Crippen LogP contribution < -0.4 is 0 Å². The third kappa shape index (κ3) is 4.41. The summed E-state index contributed by atoms with van der Waals surface area (Å²) in [5.74, 6) is 5.16. The standard InChI is InChI=1S/C31H51ClO2/c1-8-23(20(2)3)10-9-21(4)26-11-12-27-25-14-18-31(32)19-24(34-22(5)33)13-17-30(31,7)28(25)15-16-29(26,27)6/h9-10,20-21,23-28H,8,11-19H2,1-7H3/b10-9+/t21-,23-,24+,25+,26-,27+,28+,29-,30-,31-/m1/s1. The Hall–Kier alpha value is -0.500. The van der Waals surface area contributed by atoms with Crippen molar-refractivity contribution >= 4 is 17.6 Å². The minimum Gasteiger partial charge on any atom is -0.462 e. The molecule has 4 aliphatic carbocycles. The van der Waals surface area contributed by atoms with Crippen molar-refractivity contribution in [2.24, 2.45) is 52.3 Å². The van der Waals surface area contributed by atoms with Gasteiger partial charge in [-0.1, -0.05) is 53.7 Å². The van der Waals surface area contributed by atoms with E-state index in [1.807, 2.05) is 0 Å². The van der Waals surface area contributed by atoms with Crippen molar-refractivity contribution in [3.8, 4) is 0 Å². The molecule has 0 N–H and O–H groups in total. The van der Waals surface area contributed by atoms with Crippen molar-refractivity contribution in [1.82, 2.24) is 0 Å². The highest BCUT2D eigenvalue weighted by Gasteiger charge is 2.64. The predicted octanol–water partition coefficient (Wildman–Crippen LogP) is 8.81. The minimum absolute atomic E-state index is 0.00904. The van der Waals surface area contributed by atoms with Gasteiger partial charge in [-0.05, 0) is 110 Å². The van der Waals surface area contributed by atoms with Gasteiger partial charge in [0.2, 0.25) is 0 Å². The van der Waals surface area contributed by atoms with E-state index in [-0.39, 0.29) is 22.4 Å². The second kappa shape index (κ2) is 9.75. The number of alkyl halides is 1. The van der Waals surface area contributed by atoms with Gasteiger partial charge in [-0.25, -0.2) is 0 Å². The molecule has 34 heavy (non-hydrogen) atoms. The molecule has 4 saturated carbocycles. The monoisotopic (exact) mass is 490 g/mol. The maximum absolute atomic E-state index is 11.6. The molecule has 0 aromatic rings. The van der Waals surface area contributed by atoms with Gasteiger partial charge >= 0.3 is 5.97 Å². The van der Waals surface area contributed by atoms with E-state index in [0.717, 1.165) is 55.3 Å². The lowest BCUT2D eigenvalue weighted by molar-refractivity contribution is -0.157. The summed E-state index contributed by atoms with van der Waals surface area (Å²) in [7, 11) is 0. The largest absolute Gasteiger partial charge is 0.462 e. The van der Waals surface area contributed by atoms with Crippen molar-refractivity contribution < 1.29 is 9.53 Å². The molecule has 0 heterocycles. The van der Waals surface area contributed by atoms with Crippen LogP contribution >= 0.6 is 11.6 Å². The van der Waals surface area contributed by atoms with Gasteiger partial charge in [-0.2, -0.15) is 0 Å². The first-order chi connectivity index (χ1) is 15.9. The summed E-state index contributed by atoms with van der Waals surface area (Å²) >= 11 is 7.48.